The predicted molar refractivity (Wildman–Crippen MR) is 135 cm³/mol. The summed E-state index contributed by atoms with van der Waals surface area (Å²) in [4.78, 5) is 37.1. The molecule has 34 heavy (non-hydrogen) atoms. The number of carbonyl (C=O) groups excluding carboxylic acids is 2. The Bertz CT molecular complexity index is 999. The molecule has 0 aromatic carbocycles. The third kappa shape index (κ3) is 6.50. The Labute approximate surface area is 212 Å². The average molecular weight is 554 g/mol. The van der Waals surface area contributed by atoms with Crippen LogP contribution in [0.25, 0.3) is 0 Å². The number of morpholine rings is 1. The molecule has 0 radical (unpaired) electrons. The van der Waals surface area contributed by atoms with Crippen LogP contribution in [0.3, 0.4) is 0 Å². The molecule has 2 aromatic heterocycles. The molecule has 184 valence electrons. The Hall–Kier alpha value is -2.14. The van der Waals surface area contributed by atoms with Gasteiger partial charge in [-0.05, 0) is 53.9 Å². The van der Waals surface area contributed by atoms with Gasteiger partial charge in [-0.1, -0.05) is 11.6 Å². The van der Waals surface area contributed by atoms with Gasteiger partial charge in [0, 0.05) is 61.0 Å². The van der Waals surface area contributed by atoms with E-state index in [9.17, 15) is 9.59 Å². The number of hydrogen-bond donors (Lipinski definition) is 3. The number of ether oxygens (including phenoxy) is 1. The van der Waals surface area contributed by atoms with Crippen molar-refractivity contribution >= 4 is 45.2 Å². The number of anilines is 1. The minimum atomic E-state index is -0.159. The van der Waals surface area contributed by atoms with Gasteiger partial charge in [0.25, 0.3) is 11.8 Å². The van der Waals surface area contributed by atoms with Crippen molar-refractivity contribution in [2.75, 3.05) is 57.4 Å². The molecule has 3 N–H and O–H groups in total. The number of H-pyrrole nitrogens is 1. The zero-order chi connectivity index (χ0) is 24.1. The normalized spacial score (nSPS) is 17.6. The van der Waals surface area contributed by atoms with Gasteiger partial charge in [-0.25, -0.2) is 4.98 Å². The summed E-state index contributed by atoms with van der Waals surface area (Å²) in [5.41, 5.74) is 1.97. The number of aromatic amines is 1. The SMILES string of the molecule is Cc1[nH]c(C(=O)NC2CCN(c3cc(C(=O)NCCN4CCOCC4)cc(Cl)n3)CC2)cc1Br. The standard InChI is InChI=1S/C23H30BrClN6O3/c1-15-18(24)14-19(27-15)23(33)28-17-2-5-31(6-3-17)21-13-16(12-20(25)29-21)22(32)26-4-7-30-8-10-34-11-9-30/h12-14,17,27H,2-11H2,1H3,(H,26,32)(H,28,33). The maximum Gasteiger partial charge on any atom is 0.267 e. The second-order valence-corrected chi connectivity index (χ2v) is 9.88. The second kappa shape index (κ2) is 11.5. The predicted octanol–water partition coefficient (Wildman–Crippen LogP) is 2.59. The molecule has 0 unspecified atom stereocenters. The number of nitrogens with zero attached hydrogens (tertiary/aromatic N) is 3. The van der Waals surface area contributed by atoms with E-state index in [0.29, 0.717) is 41.9 Å². The zero-order valence-electron chi connectivity index (χ0n) is 19.2. The third-order valence-corrected chi connectivity index (χ3v) is 7.23. The van der Waals surface area contributed by atoms with E-state index >= 15 is 0 Å². The topological polar surface area (TPSA) is 103 Å². The van der Waals surface area contributed by atoms with Crippen LogP contribution >= 0.6 is 27.5 Å². The molecule has 2 aliphatic heterocycles. The first-order valence-corrected chi connectivity index (χ1v) is 12.7. The monoisotopic (exact) mass is 552 g/mol. The molecule has 0 spiro atoms. The number of piperidine rings is 1. The van der Waals surface area contributed by atoms with Crippen molar-refractivity contribution in [1.29, 1.82) is 0 Å². The van der Waals surface area contributed by atoms with E-state index in [1.165, 1.54) is 0 Å². The molecule has 4 rings (SSSR count). The lowest BCUT2D eigenvalue weighted by Gasteiger charge is -2.33. The van der Waals surface area contributed by atoms with Crippen LogP contribution in [0.15, 0.2) is 22.7 Å². The zero-order valence-corrected chi connectivity index (χ0v) is 21.5. The van der Waals surface area contributed by atoms with Gasteiger partial charge in [0.15, 0.2) is 0 Å². The molecule has 2 saturated heterocycles. The van der Waals surface area contributed by atoms with Crippen molar-refractivity contribution < 1.29 is 14.3 Å². The fourth-order valence-electron chi connectivity index (χ4n) is 4.20. The first-order chi connectivity index (χ1) is 16.4. The summed E-state index contributed by atoms with van der Waals surface area (Å²) in [5.74, 6) is 0.414. The van der Waals surface area contributed by atoms with E-state index < -0.39 is 0 Å². The number of aromatic nitrogens is 2. The molecule has 0 saturated carbocycles. The van der Waals surface area contributed by atoms with Crippen molar-refractivity contribution in [2.45, 2.75) is 25.8 Å². The van der Waals surface area contributed by atoms with Gasteiger partial charge in [0.1, 0.15) is 16.7 Å². The lowest BCUT2D eigenvalue weighted by molar-refractivity contribution is 0.0383. The number of pyridine rings is 1. The molecule has 4 heterocycles. The van der Waals surface area contributed by atoms with Crippen LogP contribution in [0.5, 0.6) is 0 Å². The average Bonchev–Trinajstić information content (AvgIpc) is 3.18. The van der Waals surface area contributed by atoms with Gasteiger partial charge in [0.05, 0.1) is 13.2 Å². The number of amides is 2. The maximum atomic E-state index is 12.7. The Balaban J connectivity index is 1.28. The number of nitrogens with one attached hydrogen (secondary N) is 3. The lowest BCUT2D eigenvalue weighted by Crippen LogP contribution is -2.45. The Kier molecular flexibility index (Phi) is 8.46. The van der Waals surface area contributed by atoms with Crippen LogP contribution in [0, 0.1) is 6.92 Å². The first-order valence-electron chi connectivity index (χ1n) is 11.6. The van der Waals surface area contributed by atoms with Crippen LogP contribution in [-0.2, 0) is 4.74 Å². The smallest absolute Gasteiger partial charge is 0.267 e. The van der Waals surface area contributed by atoms with Crippen LogP contribution in [-0.4, -0.2) is 85.2 Å². The van der Waals surface area contributed by atoms with E-state index in [1.54, 1.807) is 18.2 Å². The van der Waals surface area contributed by atoms with Gasteiger partial charge >= 0.3 is 0 Å². The van der Waals surface area contributed by atoms with Crippen molar-refractivity contribution in [2.24, 2.45) is 0 Å². The Morgan fingerprint density at radius 1 is 1.18 bits per heavy atom. The maximum absolute atomic E-state index is 12.7. The first kappa shape index (κ1) is 25.0. The highest BCUT2D eigenvalue weighted by Crippen LogP contribution is 2.23. The van der Waals surface area contributed by atoms with E-state index in [1.807, 2.05) is 6.92 Å². The van der Waals surface area contributed by atoms with Crippen LogP contribution in [0.4, 0.5) is 5.82 Å². The van der Waals surface area contributed by atoms with Crippen LogP contribution in [0.2, 0.25) is 5.15 Å². The third-order valence-electron chi connectivity index (χ3n) is 6.21. The molecular formula is C23H30BrClN6O3. The summed E-state index contributed by atoms with van der Waals surface area (Å²) >= 11 is 9.67. The fraction of sp³-hybridized carbons (Fsp3) is 0.522. The Morgan fingerprint density at radius 2 is 1.91 bits per heavy atom. The Morgan fingerprint density at radius 3 is 2.59 bits per heavy atom. The summed E-state index contributed by atoms with van der Waals surface area (Å²) in [5, 5.41) is 6.36. The highest BCUT2D eigenvalue weighted by Gasteiger charge is 2.24. The summed E-state index contributed by atoms with van der Waals surface area (Å²) in [6.07, 6.45) is 1.56. The molecule has 2 amide bonds. The van der Waals surface area contributed by atoms with Gasteiger partial charge in [0.2, 0.25) is 0 Å². The van der Waals surface area contributed by atoms with Crippen LogP contribution < -0.4 is 15.5 Å². The van der Waals surface area contributed by atoms with E-state index in [-0.39, 0.29) is 17.9 Å². The van der Waals surface area contributed by atoms with Crippen LogP contribution in [0.1, 0.15) is 39.4 Å². The van der Waals surface area contributed by atoms with Gasteiger partial charge in [-0.3, -0.25) is 14.5 Å². The molecule has 0 atom stereocenters. The number of halogens is 2. The number of rotatable bonds is 7. The van der Waals surface area contributed by atoms with E-state index in [2.05, 4.69) is 46.3 Å². The van der Waals surface area contributed by atoms with Crippen molar-refractivity contribution in [1.82, 2.24) is 25.5 Å². The molecule has 9 nitrogen and oxygen atoms in total. The molecule has 2 fully saturated rings. The highest BCUT2D eigenvalue weighted by molar-refractivity contribution is 9.10. The van der Waals surface area contributed by atoms with Gasteiger partial charge < -0.3 is 25.3 Å². The van der Waals surface area contributed by atoms with Gasteiger partial charge in [-0.2, -0.15) is 0 Å². The summed E-state index contributed by atoms with van der Waals surface area (Å²) in [6, 6.07) is 5.25. The minimum absolute atomic E-state index is 0.0771. The van der Waals surface area contributed by atoms with E-state index in [0.717, 1.165) is 55.9 Å². The summed E-state index contributed by atoms with van der Waals surface area (Å²) < 4.78 is 6.24. The second-order valence-electron chi connectivity index (χ2n) is 8.64. The fourth-order valence-corrected chi connectivity index (χ4v) is 4.73. The summed E-state index contributed by atoms with van der Waals surface area (Å²) in [6.45, 7) is 7.94. The minimum Gasteiger partial charge on any atom is -0.379 e. The molecule has 11 heteroatoms. The summed E-state index contributed by atoms with van der Waals surface area (Å²) in [7, 11) is 0. The van der Waals surface area contributed by atoms with E-state index in [4.69, 9.17) is 16.3 Å². The number of hydrogen-bond acceptors (Lipinski definition) is 6. The molecular weight excluding hydrogens is 524 g/mol. The highest BCUT2D eigenvalue weighted by atomic mass is 79.9. The lowest BCUT2D eigenvalue weighted by atomic mass is 10.0. The number of aryl methyl sites for hydroxylation is 1. The molecule has 0 aliphatic carbocycles. The van der Waals surface area contributed by atoms with Crippen molar-refractivity contribution in [3.05, 3.63) is 44.8 Å². The number of carbonyl (C=O) groups is 2. The quantitative estimate of drug-likeness (QED) is 0.456. The van der Waals surface area contributed by atoms with Crippen molar-refractivity contribution in [3.63, 3.8) is 0 Å². The molecule has 2 aliphatic rings. The molecule has 0 bridgehead atoms. The largest absolute Gasteiger partial charge is 0.379 e. The van der Waals surface area contributed by atoms with Crippen molar-refractivity contribution in [3.8, 4) is 0 Å². The molecule has 2 aromatic rings. The van der Waals surface area contributed by atoms with Gasteiger partial charge in [-0.15, -0.1) is 0 Å².